The van der Waals surface area contributed by atoms with E-state index >= 15 is 0 Å². The van der Waals surface area contributed by atoms with Gasteiger partial charge in [0.15, 0.2) is 0 Å². The molecule has 15 heavy (non-hydrogen) atoms. The number of phosphoric ester groups is 1. The number of rotatable bonds is 8. The van der Waals surface area contributed by atoms with E-state index in [0.29, 0.717) is 0 Å². The standard InChI is InChI=1S/C8H19O4P.Na.Zn.H/c1-2-3-4-5-6-7-8-12-13(9,10)11;;;/h2-8H2,1H3,(H2,9,10,11);;;. The molecule has 4 nitrogen and oxygen atoms in total. The second kappa shape index (κ2) is 13.8. The Labute approximate surface area is 127 Å². The van der Waals surface area contributed by atoms with Crippen molar-refractivity contribution in [3.8, 4) is 0 Å². The van der Waals surface area contributed by atoms with Gasteiger partial charge in [0.05, 0.1) is 6.61 Å². The zero-order chi connectivity index (χ0) is 10.2. The van der Waals surface area contributed by atoms with Gasteiger partial charge in [-0.15, -0.1) is 0 Å². The van der Waals surface area contributed by atoms with E-state index in [1.807, 2.05) is 0 Å². The van der Waals surface area contributed by atoms with Crippen molar-refractivity contribution < 1.29 is 38.4 Å². The molecule has 0 spiro atoms. The van der Waals surface area contributed by atoms with Crippen LogP contribution in [0.1, 0.15) is 45.4 Å². The van der Waals surface area contributed by atoms with E-state index in [2.05, 4.69) is 11.4 Å². The number of phosphoric acid groups is 1. The molecular weight excluding hydrogens is 279 g/mol. The van der Waals surface area contributed by atoms with Gasteiger partial charge in [0, 0.05) is 19.5 Å². The fraction of sp³-hybridized carbons (Fsp3) is 1.00. The van der Waals surface area contributed by atoms with Gasteiger partial charge in [-0.2, -0.15) is 0 Å². The van der Waals surface area contributed by atoms with Gasteiger partial charge < -0.3 is 9.79 Å². The maximum atomic E-state index is 10.2. The summed E-state index contributed by atoms with van der Waals surface area (Å²) in [7, 11) is -4.23. The van der Waals surface area contributed by atoms with Crippen LogP contribution in [0.3, 0.4) is 0 Å². The quantitative estimate of drug-likeness (QED) is 0.407. The Bertz CT molecular complexity index is 165. The van der Waals surface area contributed by atoms with Crippen LogP contribution in [0.25, 0.3) is 0 Å². The average molecular weight is 300 g/mol. The van der Waals surface area contributed by atoms with Crippen molar-refractivity contribution in [2.24, 2.45) is 0 Å². The fourth-order valence-electron chi connectivity index (χ4n) is 1.07. The fourth-order valence-corrected chi connectivity index (χ4v) is 1.43. The summed E-state index contributed by atoms with van der Waals surface area (Å²) in [6.07, 6.45) is 6.48. The van der Waals surface area contributed by atoms with E-state index in [1.165, 1.54) is 19.3 Å². The van der Waals surface area contributed by atoms with Crippen LogP contribution in [0.15, 0.2) is 0 Å². The van der Waals surface area contributed by atoms with E-state index < -0.39 is 7.82 Å². The Balaban J connectivity index is -0.000000720. The third kappa shape index (κ3) is 21.6. The summed E-state index contributed by atoms with van der Waals surface area (Å²) in [5, 5.41) is 0. The van der Waals surface area contributed by atoms with Crippen molar-refractivity contribution in [3.05, 3.63) is 0 Å². The van der Waals surface area contributed by atoms with Gasteiger partial charge in [-0.3, -0.25) is 4.52 Å². The molecule has 0 aliphatic heterocycles. The zero-order valence-electron chi connectivity index (χ0n) is 8.81. The van der Waals surface area contributed by atoms with E-state index in [0.717, 1.165) is 19.3 Å². The van der Waals surface area contributed by atoms with Crippen LogP contribution < -0.4 is 0 Å². The first kappa shape index (κ1) is 22.0. The number of unbranched alkanes of at least 4 members (excludes halogenated alkanes) is 5. The SMILES string of the molecule is CCCCCCCCOP(=O)(O)O.[NaH].[Zn]. The second-order valence-electron chi connectivity index (χ2n) is 3.09. The molecule has 0 aromatic rings. The molecule has 0 aromatic carbocycles. The molecule has 0 unspecified atom stereocenters. The van der Waals surface area contributed by atoms with Crippen LogP contribution in [0.5, 0.6) is 0 Å². The normalized spacial score (nSPS) is 10.3. The van der Waals surface area contributed by atoms with Gasteiger partial charge in [0.25, 0.3) is 0 Å². The third-order valence-corrected chi connectivity index (χ3v) is 2.28. The van der Waals surface area contributed by atoms with Crippen molar-refractivity contribution in [3.63, 3.8) is 0 Å². The summed E-state index contributed by atoms with van der Waals surface area (Å²) in [4.78, 5) is 16.7. The molecule has 0 saturated carbocycles. The number of hydrogen-bond donors (Lipinski definition) is 2. The molecule has 0 atom stereocenters. The van der Waals surface area contributed by atoms with Gasteiger partial charge in [-0.1, -0.05) is 39.0 Å². The predicted octanol–water partition coefficient (Wildman–Crippen LogP) is 1.81. The molecule has 0 fully saturated rings. The van der Waals surface area contributed by atoms with Gasteiger partial charge >= 0.3 is 37.4 Å². The van der Waals surface area contributed by atoms with Crippen LogP contribution in [0, 0.1) is 0 Å². The third-order valence-electron chi connectivity index (χ3n) is 1.76. The first-order chi connectivity index (χ1) is 6.06. The van der Waals surface area contributed by atoms with Gasteiger partial charge in [0.1, 0.15) is 0 Å². The van der Waals surface area contributed by atoms with Crippen LogP contribution in [0.2, 0.25) is 0 Å². The molecule has 0 bridgehead atoms. The summed E-state index contributed by atoms with van der Waals surface area (Å²) in [6, 6.07) is 0. The van der Waals surface area contributed by atoms with Crippen LogP contribution in [-0.4, -0.2) is 46.0 Å². The molecule has 0 amide bonds. The Hall–Kier alpha value is 1.73. The minimum Gasteiger partial charge on any atom is 0 e. The van der Waals surface area contributed by atoms with Gasteiger partial charge in [0.2, 0.25) is 0 Å². The molecule has 0 saturated heterocycles. The van der Waals surface area contributed by atoms with Crippen LogP contribution in [-0.2, 0) is 28.6 Å². The number of hydrogen-bond acceptors (Lipinski definition) is 2. The maximum absolute atomic E-state index is 10.2. The second-order valence-corrected chi connectivity index (χ2v) is 4.33. The zero-order valence-corrected chi connectivity index (χ0v) is 12.7. The Kier molecular flexibility index (Phi) is 20.2. The van der Waals surface area contributed by atoms with E-state index in [4.69, 9.17) is 9.79 Å². The summed E-state index contributed by atoms with van der Waals surface area (Å²) in [5.41, 5.74) is 0. The molecule has 0 aliphatic rings. The largest absolute Gasteiger partial charge is 0 e. The topological polar surface area (TPSA) is 66.8 Å². The Morgan fingerprint density at radius 3 is 2.00 bits per heavy atom. The predicted molar refractivity (Wildman–Crippen MR) is 58.5 cm³/mol. The summed E-state index contributed by atoms with van der Waals surface area (Å²) < 4.78 is 14.5. The minimum atomic E-state index is -4.23. The first-order valence-electron chi connectivity index (χ1n) is 4.76. The van der Waals surface area contributed by atoms with E-state index in [9.17, 15) is 4.57 Å². The molecular formula is C8H20NaO4PZn. The maximum Gasteiger partial charge on any atom is 0 e. The molecule has 0 aromatic heterocycles. The average Bonchev–Trinajstić information content (AvgIpc) is 2.01. The molecule has 7 heteroatoms. The molecule has 0 heterocycles. The molecule has 2 N–H and O–H groups in total. The summed E-state index contributed by atoms with van der Waals surface area (Å²) >= 11 is 0. The molecule has 84 valence electrons. The van der Waals surface area contributed by atoms with E-state index in [1.54, 1.807) is 0 Å². The van der Waals surface area contributed by atoms with Gasteiger partial charge in [-0.05, 0) is 6.42 Å². The van der Waals surface area contributed by atoms with E-state index in [-0.39, 0.29) is 55.6 Å². The van der Waals surface area contributed by atoms with Crippen molar-refractivity contribution in [1.29, 1.82) is 0 Å². The summed E-state index contributed by atoms with van der Waals surface area (Å²) in [5.74, 6) is 0. The van der Waals surface area contributed by atoms with Crippen LogP contribution >= 0.6 is 7.82 Å². The smallest absolute Gasteiger partial charge is 0 e. The van der Waals surface area contributed by atoms with Crippen molar-refractivity contribution in [2.45, 2.75) is 45.4 Å². The Morgan fingerprint density at radius 2 is 1.53 bits per heavy atom. The van der Waals surface area contributed by atoms with Crippen LogP contribution in [0.4, 0.5) is 0 Å². The molecule has 0 rings (SSSR count). The van der Waals surface area contributed by atoms with Crippen molar-refractivity contribution in [1.82, 2.24) is 0 Å². The first-order valence-corrected chi connectivity index (χ1v) is 6.29. The molecule has 0 aliphatic carbocycles. The monoisotopic (exact) mass is 298 g/mol. The minimum absolute atomic E-state index is 0. The van der Waals surface area contributed by atoms with Gasteiger partial charge in [-0.25, -0.2) is 4.57 Å². The summed E-state index contributed by atoms with van der Waals surface area (Å²) in [6.45, 7) is 2.31. The van der Waals surface area contributed by atoms with Crippen molar-refractivity contribution in [2.75, 3.05) is 6.61 Å². The van der Waals surface area contributed by atoms with Crippen molar-refractivity contribution >= 4 is 37.4 Å². The molecule has 0 radical (unpaired) electrons. The Morgan fingerprint density at radius 1 is 1.07 bits per heavy atom.